The van der Waals surface area contributed by atoms with Gasteiger partial charge in [0.2, 0.25) is 0 Å². The first-order valence-electron chi connectivity index (χ1n) is 8.07. The number of hydrogen-bond acceptors (Lipinski definition) is 4. The molecule has 24 heavy (non-hydrogen) atoms. The van der Waals surface area contributed by atoms with Crippen LogP contribution in [-0.2, 0) is 11.3 Å². The fourth-order valence-corrected chi connectivity index (χ4v) is 2.62. The first-order valence-corrected chi connectivity index (χ1v) is 8.07. The summed E-state index contributed by atoms with van der Waals surface area (Å²) in [7, 11) is 0. The largest absolute Gasteiger partial charge is 0.490 e. The van der Waals surface area contributed by atoms with Gasteiger partial charge in [0.25, 0.3) is 5.91 Å². The molecule has 3 rings (SSSR count). The van der Waals surface area contributed by atoms with Gasteiger partial charge in [-0.15, -0.1) is 0 Å². The maximum atomic E-state index is 11.7. The molecule has 0 bridgehead atoms. The van der Waals surface area contributed by atoms with Crippen molar-refractivity contribution in [1.29, 1.82) is 0 Å². The Hall–Kier alpha value is -2.53. The summed E-state index contributed by atoms with van der Waals surface area (Å²) in [5.41, 5.74) is 6.84. The third-order valence-electron chi connectivity index (χ3n) is 3.92. The Morgan fingerprint density at radius 1 is 1.12 bits per heavy atom. The molecule has 0 radical (unpaired) electrons. The van der Waals surface area contributed by atoms with E-state index in [0.29, 0.717) is 36.9 Å². The van der Waals surface area contributed by atoms with Gasteiger partial charge in [-0.05, 0) is 23.8 Å². The average molecular weight is 327 g/mol. The van der Waals surface area contributed by atoms with E-state index in [1.165, 1.54) is 0 Å². The summed E-state index contributed by atoms with van der Waals surface area (Å²) in [5.74, 6) is 0.559. The van der Waals surface area contributed by atoms with Crippen molar-refractivity contribution in [2.24, 2.45) is 5.73 Å². The molecular weight excluding hydrogens is 306 g/mol. The number of carbonyl (C=O) groups excluding carboxylic acids is 1. The van der Waals surface area contributed by atoms with Crippen molar-refractivity contribution in [1.82, 2.24) is 0 Å². The highest BCUT2D eigenvalue weighted by atomic mass is 16.5. The van der Waals surface area contributed by atoms with Gasteiger partial charge in [0.15, 0.2) is 0 Å². The lowest BCUT2D eigenvalue weighted by Gasteiger charge is -2.23. The maximum Gasteiger partial charge on any atom is 0.252 e. The predicted molar refractivity (Wildman–Crippen MR) is 90.2 cm³/mol. The van der Waals surface area contributed by atoms with E-state index in [0.717, 1.165) is 18.4 Å². The molecule has 0 saturated carbocycles. The second kappa shape index (κ2) is 7.84. The minimum Gasteiger partial charge on any atom is -0.490 e. The van der Waals surface area contributed by atoms with Crippen molar-refractivity contribution in [3.8, 4) is 11.5 Å². The topological polar surface area (TPSA) is 70.8 Å². The number of primary amides is 1. The molecule has 1 saturated heterocycles. The molecule has 1 fully saturated rings. The van der Waals surface area contributed by atoms with E-state index in [9.17, 15) is 4.79 Å². The Bertz CT molecular complexity index is 681. The van der Waals surface area contributed by atoms with Crippen LogP contribution in [0.2, 0.25) is 0 Å². The van der Waals surface area contributed by atoms with Gasteiger partial charge in [0.1, 0.15) is 24.2 Å². The second-order valence-electron chi connectivity index (χ2n) is 5.73. The van der Waals surface area contributed by atoms with E-state index in [4.69, 9.17) is 19.9 Å². The van der Waals surface area contributed by atoms with E-state index in [-0.39, 0.29) is 6.10 Å². The van der Waals surface area contributed by atoms with E-state index in [1.54, 1.807) is 12.1 Å². The van der Waals surface area contributed by atoms with Crippen molar-refractivity contribution in [2.45, 2.75) is 25.6 Å². The highest BCUT2D eigenvalue weighted by Gasteiger charge is 2.17. The monoisotopic (exact) mass is 327 g/mol. The summed E-state index contributed by atoms with van der Waals surface area (Å²) in [6, 6.07) is 15.0. The summed E-state index contributed by atoms with van der Waals surface area (Å²) in [6.45, 7) is 1.78. The molecule has 0 aliphatic carbocycles. The van der Waals surface area contributed by atoms with Crippen LogP contribution in [0.1, 0.15) is 28.8 Å². The quantitative estimate of drug-likeness (QED) is 0.885. The fourth-order valence-electron chi connectivity index (χ4n) is 2.62. The molecular formula is C19H21NO4. The first-order chi connectivity index (χ1) is 11.7. The molecule has 1 heterocycles. The summed E-state index contributed by atoms with van der Waals surface area (Å²) in [6.07, 6.45) is 1.80. The molecule has 2 aromatic carbocycles. The van der Waals surface area contributed by atoms with E-state index < -0.39 is 5.91 Å². The third kappa shape index (κ3) is 4.26. The minimum atomic E-state index is -0.532. The number of nitrogens with two attached hydrogens (primary N) is 1. The van der Waals surface area contributed by atoms with Crippen LogP contribution in [-0.4, -0.2) is 25.2 Å². The molecule has 2 N–H and O–H groups in total. The molecule has 0 aromatic heterocycles. The molecule has 5 nitrogen and oxygen atoms in total. The van der Waals surface area contributed by atoms with Gasteiger partial charge in [-0.25, -0.2) is 0 Å². The summed E-state index contributed by atoms with van der Waals surface area (Å²) < 4.78 is 17.0. The molecule has 1 aliphatic heterocycles. The van der Waals surface area contributed by atoms with Crippen LogP contribution in [0.25, 0.3) is 0 Å². The van der Waals surface area contributed by atoms with Crippen molar-refractivity contribution in [3.05, 3.63) is 59.7 Å². The Balaban J connectivity index is 1.70. The van der Waals surface area contributed by atoms with Gasteiger partial charge >= 0.3 is 0 Å². The highest BCUT2D eigenvalue weighted by molar-refractivity contribution is 5.96. The zero-order chi connectivity index (χ0) is 16.8. The zero-order valence-electron chi connectivity index (χ0n) is 13.4. The molecule has 126 valence electrons. The summed E-state index contributed by atoms with van der Waals surface area (Å²) in [5, 5.41) is 0. The van der Waals surface area contributed by atoms with E-state index in [2.05, 4.69) is 0 Å². The Morgan fingerprint density at radius 2 is 1.88 bits per heavy atom. The maximum absolute atomic E-state index is 11.7. The van der Waals surface area contributed by atoms with Crippen LogP contribution in [0.3, 0.4) is 0 Å². The summed E-state index contributed by atoms with van der Waals surface area (Å²) >= 11 is 0. The molecule has 1 aliphatic rings. The smallest absolute Gasteiger partial charge is 0.252 e. The number of carbonyl (C=O) groups is 1. The van der Waals surface area contributed by atoms with Gasteiger partial charge in [-0.1, -0.05) is 30.3 Å². The number of hydrogen-bond donors (Lipinski definition) is 1. The van der Waals surface area contributed by atoms with Crippen LogP contribution < -0.4 is 15.2 Å². The van der Waals surface area contributed by atoms with Crippen LogP contribution in [0.5, 0.6) is 11.5 Å². The van der Waals surface area contributed by atoms with Gasteiger partial charge < -0.3 is 19.9 Å². The SMILES string of the molecule is NC(=O)c1cc(OC2CCOCC2)ccc1OCc1ccccc1. The first kappa shape index (κ1) is 16.3. The molecule has 0 atom stereocenters. The molecule has 0 spiro atoms. The predicted octanol–water partition coefficient (Wildman–Crippen LogP) is 2.92. The summed E-state index contributed by atoms with van der Waals surface area (Å²) in [4.78, 5) is 11.7. The lowest BCUT2D eigenvalue weighted by Crippen LogP contribution is -2.26. The van der Waals surface area contributed by atoms with Gasteiger partial charge in [0.05, 0.1) is 18.8 Å². The average Bonchev–Trinajstić information content (AvgIpc) is 2.62. The Kier molecular flexibility index (Phi) is 5.33. The van der Waals surface area contributed by atoms with Crippen LogP contribution in [0.15, 0.2) is 48.5 Å². The van der Waals surface area contributed by atoms with Gasteiger partial charge in [-0.3, -0.25) is 4.79 Å². The van der Waals surface area contributed by atoms with Crippen molar-refractivity contribution in [2.75, 3.05) is 13.2 Å². The lowest BCUT2D eigenvalue weighted by atomic mass is 10.1. The van der Waals surface area contributed by atoms with Crippen molar-refractivity contribution < 1.29 is 19.0 Å². The highest BCUT2D eigenvalue weighted by Crippen LogP contribution is 2.27. The molecule has 0 unspecified atom stereocenters. The van der Waals surface area contributed by atoms with Crippen LogP contribution >= 0.6 is 0 Å². The number of rotatable bonds is 6. The lowest BCUT2D eigenvalue weighted by molar-refractivity contribution is 0.0255. The van der Waals surface area contributed by atoms with Crippen LogP contribution in [0, 0.1) is 0 Å². The van der Waals surface area contributed by atoms with Gasteiger partial charge in [0, 0.05) is 12.8 Å². The van der Waals surface area contributed by atoms with Gasteiger partial charge in [-0.2, -0.15) is 0 Å². The number of benzene rings is 2. The molecule has 2 aromatic rings. The Morgan fingerprint density at radius 3 is 2.58 bits per heavy atom. The normalized spacial score (nSPS) is 15.0. The van der Waals surface area contributed by atoms with E-state index in [1.807, 2.05) is 36.4 Å². The zero-order valence-corrected chi connectivity index (χ0v) is 13.4. The standard InChI is InChI=1S/C19H21NO4/c20-19(21)17-12-16(24-15-8-10-22-11-9-15)6-7-18(17)23-13-14-4-2-1-3-5-14/h1-7,12,15H,8-11,13H2,(H2,20,21). The third-order valence-corrected chi connectivity index (χ3v) is 3.92. The second-order valence-corrected chi connectivity index (χ2v) is 5.73. The number of amides is 1. The van der Waals surface area contributed by atoms with Crippen molar-refractivity contribution >= 4 is 5.91 Å². The molecule has 5 heteroatoms. The van der Waals surface area contributed by atoms with E-state index >= 15 is 0 Å². The van der Waals surface area contributed by atoms with Crippen molar-refractivity contribution in [3.63, 3.8) is 0 Å². The van der Waals surface area contributed by atoms with Crippen LogP contribution in [0.4, 0.5) is 0 Å². The fraction of sp³-hybridized carbons (Fsp3) is 0.316. The molecule has 1 amide bonds. The minimum absolute atomic E-state index is 0.107. The Labute approximate surface area is 141 Å². The number of ether oxygens (including phenoxy) is 3.